The van der Waals surface area contributed by atoms with E-state index in [1.807, 2.05) is 19.2 Å². The predicted molar refractivity (Wildman–Crippen MR) is 58.4 cm³/mol. The van der Waals surface area contributed by atoms with Crippen LogP contribution in [0, 0.1) is 0 Å². The Kier molecular flexibility index (Phi) is 2.55. The standard InChI is InChI=1S/C12H15NO/c1-9(13-2)7-10-3-4-12-11(8-10)5-6-14-12/h3-6,8-9,13H,7H2,1-2H3/t9-/m1/s1. The Hall–Kier alpha value is -1.28. The number of furan rings is 1. The number of nitrogens with one attached hydrogen (secondary N) is 1. The monoisotopic (exact) mass is 189 g/mol. The van der Waals surface area contributed by atoms with Crippen LogP contribution >= 0.6 is 0 Å². The van der Waals surface area contributed by atoms with Crippen LogP contribution in [-0.4, -0.2) is 13.1 Å². The van der Waals surface area contributed by atoms with Gasteiger partial charge in [-0.1, -0.05) is 6.07 Å². The van der Waals surface area contributed by atoms with Crippen LogP contribution in [-0.2, 0) is 6.42 Å². The van der Waals surface area contributed by atoms with E-state index in [0.29, 0.717) is 6.04 Å². The molecule has 0 saturated carbocycles. The van der Waals surface area contributed by atoms with Gasteiger partial charge in [0, 0.05) is 11.4 Å². The summed E-state index contributed by atoms with van der Waals surface area (Å²) in [5.74, 6) is 0. The normalized spacial score (nSPS) is 13.3. The van der Waals surface area contributed by atoms with Gasteiger partial charge < -0.3 is 9.73 Å². The Balaban J connectivity index is 2.25. The van der Waals surface area contributed by atoms with Crippen molar-refractivity contribution in [3.63, 3.8) is 0 Å². The molecule has 2 aromatic rings. The molecule has 0 amide bonds. The largest absolute Gasteiger partial charge is 0.464 e. The van der Waals surface area contributed by atoms with Crippen molar-refractivity contribution in [3.8, 4) is 0 Å². The van der Waals surface area contributed by atoms with E-state index in [-0.39, 0.29) is 0 Å². The molecule has 1 N–H and O–H groups in total. The molecule has 2 rings (SSSR count). The van der Waals surface area contributed by atoms with Gasteiger partial charge in [-0.2, -0.15) is 0 Å². The van der Waals surface area contributed by atoms with Crippen molar-refractivity contribution in [2.75, 3.05) is 7.05 Å². The molecule has 0 radical (unpaired) electrons. The number of hydrogen-bond donors (Lipinski definition) is 1. The van der Waals surface area contributed by atoms with Crippen molar-refractivity contribution in [1.82, 2.24) is 5.32 Å². The summed E-state index contributed by atoms with van der Waals surface area (Å²) in [5, 5.41) is 4.42. The maximum Gasteiger partial charge on any atom is 0.133 e. The quantitative estimate of drug-likeness (QED) is 0.802. The van der Waals surface area contributed by atoms with Gasteiger partial charge in [0.25, 0.3) is 0 Å². The summed E-state index contributed by atoms with van der Waals surface area (Å²) in [4.78, 5) is 0. The molecule has 0 aliphatic rings. The van der Waals surface area contributed by atoms with Crippen molar-refractivity contribution < 1.29 is 4.42 Å². The minimum Gasteiger partial charge on any atom is -0.464 e. The van der Waals surface area contributed by atoms with Crippen molar-refractivity contribution in [3.05, 3.63) is 36.1 Å². The maximum absolute atomic E-state index is 5.29. The summed E-state index contributed by atoms with van der Waals surface area (Å²) in [6.07, 6.45) is 2.79. The molecule has 0 unspecified atom stereocenters. The summed E-state index contributed by atoms with van der Waals surface area (Å²) in [7, 11) is 1.99. The van der Waals surface area contributed by atoms with Crippen molar-refractivity contribution in [1.29, 1.82) is 0 Å². The van der Waals surface area contributed by atoms with Gasteiger partial charge in [0.05, 0.1) is 6.26 Å². The second kappa shape index (κ2) is 3.84. The third-order valence-electron chi connectivity index (χ3n) is 2.55. The highest BCUT2D eigenvalue weighted by atomic mass is 16.3. The fourth-order valence-corrected chi connectivity index (χ4v) is 1.60. The highest BCUT2D eigenvalue weighted by Gasteiger charge is 2.02. The molecule has 0 aliphatic carbocycles. The van der Waals surface area contributed by atoms with Gasteiger partial charge in [0.2, 0.25) is 0 Å². The molecule has 74 valence electrons. The highest BCUT2D eigenvalue weighted by molar-refractivity contribution is 5.77. The average molecular weight is 189 g/mol. The Morgan fingerprint density at radius 1 is 1.36 bits per heavy atom. The van der Waals surface area contributed by atoms with E-state index in [9.17, 15) is 0 Å². The molecule has 0 aliphatic heterocycles. The first-order chi connectivity index (χ1) is 6.79. The molecule has 2 nitrogen and oxygen atoms in total. The fourth-order valence-electron chi connectivity index (χ4n) is 1.60. The number of hydrogen-bond acceptors (Lipinski definition) is 2. The van der Waals surface area contributed by atoms with Crippen LogP contribution in [0.3, 0.4) is 0 Å². The van der Waals surface area contributed by atoms with E-state index in [0.717, 1.165) is 12.0 Å². The third kappa shape index (κ3) is 1.80. The van der Waals surface area contributed by atoms with E-state index in [2.05, 4.69) is 24.4 Å². The van der Waals surface area contributed by atoms with Gasteiger partial charge in [-0.3, -0.25) is 0 Å². The van der Waals surface area contributed by atoms with Gasteiger partial charge in [0.15, 0.2) is 0 Å². The zero-order valence-electron chi connectivity index (χ0n) is 8.58. The summed E-state index contributed by atoms with van der Waals surface area (Å²) >= 11 is 0. The topological polar surface area (TPSA) is 25.2 Å². The Morgan fingerprint density at radius 2 is 2.21 bits per heavy atom. The SMILES string of the molecule is CN[C@H](C)Cc1ccc2occc2c1. The molecular formula is C12H15NO. The third-order valence-corrected chi connectivity index (χ3v) is 2.55. The van der Waals surface area contributed by atoms with Crippen LogP contribution in [0.15, 0.2) is 34.9 Å². The summed E-state index contributed by atoms with van der Waals surface area (Å²) in [6.45, 7) is 2.18. The van der Waals surface area contributed by atoms with Crippen LogP contribution in [0.2, 0.25) is 0 Å². The van der Waals surface area contributed by atoms with Crippen molar-refractivity contribution in [2.24, 2.45) is 0 Å². The van der Waals surface area contributed by atoms with Crippen LogP contribution in [0.1, 0.15) is 12.5 Å². The number of benzene rings is 1. The zero-order chi connectivity index (χ0) is 9.97. The van der Waals surface area contributed by atoms with Crippen LogP contribution in [0.5, 0.6) is 0 Å². The number of likely N-dealkylation sites (N-methyl/N-ethyl adjacent to an activating group) is 1. The zero-order valence-corrected chi connectivity index (χ0v) is 8.58. The molecule has 0 bridgehead atoms. The molecule has 1 aromatic heterocycles. The predicted octanol–water partition coefficient (Wildman–Crippen LogP) is 2.58. The smallest absolute Gasteiger partial charge is 0.133 e. The van der Waals surface area contributed by atoms with Crippen molar-refractivity contribution >= 4 is 11.0 Å². The molecule has 0 fully saturated rings. The lowest BCUT2D eigenvalue weighted by atomic mass is 10.1. The highest BCUT2D eigenvalue weighted by Crippen LogP contribution is 2.17. The minimum atomic E-state index is 0.513. The van der Waals surface area contributed by atoms with E-state index in [1.54, 1.807) is 6.26 Å². The van der Waals surface area contributed by atoms with E-state index >= 15 is 0 Å². The molecular weight excluding hydrogens is 174 g/mol. The Labute approximate surface area is 83.9 Å². The maximum atomic E-state index is 5.29. The molecule has 1 atom stereocenters. The van der Waals surface area contributed by atoms with Crippen LogP contribution in [0.25, 0.3) is 11.0 Å². The molecule has 14 heavy (non-hydrogen) atoms. The van der Waals surface area contributed by atoms with Gasteiger partial charge in [-0.25, -0.2) is 0 Å². The van der Waals surface area contributed by atoms with E-state index in [1.165, 1.54) is 10.9 Å². The number of fused-ring (bicyclic) bond motifs is 1. The fraction of sp³-hybridized carbons (Fsp3) is 0.333. The first-order valence-electron chi connectivity index (χ1n) is 4.93. The summed E-state index contributed by atoms with van der Waals surface area (Å²) in [5.41, 5.74) is 2.31. The first-order valence-corrected chi connectivity index (χ1v) is 4.93. The second-order valence-corrected chi connectivity index (χ2v) is 3.69. The Morgan fingerprint density at radius 3 is 3.00 bits per heavy atom. The second-order valence-electron chi connectivity index (χ2n) is 3.69. The first kappa shape index (κ1) is 9.28. The minimum absolute atomic E-state index is 0.513. The number of rotatable bonds is 3. The van der Waals surface area contributed by atoms with Crippen molar-refractivity contribution in [2.45, 2.75) is 19.4 Å². The molecule has 0 saturated heterocycles. The molecule has 1 aromatic carbocycles. The molecule has 0 spiro atoms. The van der Waals surface area contributed by atoms with Gasteiger partial charge in [-0.05, 0) is 44.2 Å². The Bertz CT molecular complexity index is 419. The lowest BCUT2D eigenvalue weighted by Gasteiger charge is -2.09. The molecule has 1 heterocycles. The van der Waals surface area contributed by atoms with Gasteiger partial charge in [0.1, 0.15) is 5.58 Å². The average Bonchev–Trinajstić information content (AvgIpc) is 2.64. The van der Waals surface area contributed by atoms with Gasteiger partial charge >= 0.3 is 0 Å². The van der Waals surface area contributed by atoms with E-state index in [4.69, 9.17) is 4.42 Å². The summed E-state index contributed by atoms with van der Waals surface area (Å²) in [6, 6.07) is 8.86. The van der Waals surface area contributed by atoms with Crippen LogP contribution < -0.4 is 5.32 Å². The van der Waals surface area contributed by atoms with Crippen LogP contribution in [0.4, 0.5) is 0 Å². The van der Waals surface area contributed by atoms with E-state index < -0.39 is 0 Å². The summed E-state index contributed by atoms with van der Waals surface area (Å²) < 4.78 is 5.29. The lowest BCUT2D eigenvalue weighted by Crippen LogP contribution is -2.23. The molecule has 2 heteroatoms. The van der Waals surface area contributed by atoms with Gasteiger partial charge in [-0.15, -0.1) is 0 Å². The lowest BCUT2D eigenvalue weighted by molar-refractivity contribution is 0.606.